The summed E-state index contributed by atoms with van der Waals surface area (Å²) < 4.78 is 12.2. The minimum atomic E-state index is -0.195. The van der Waals surface area contributed by atoms with Gasteiger partial charge in [0.25, 0.3) is 5.91 Å². The molecule has 0 unspecified atom stereocenters. The van der Waals surface area contributed by atoms with E-state index in [0.717, 1.165) is 23.8 Å². The second-order valence-electron chi connectivity index (χ2n) is 8.63. The number of halogens is 1. The number of benzene rings is 2. The van der Waals surface area contributed by atoms with Gasteiger partial charge in [0.1, 0.15) is 5.75 Å². The van der Waals surface area contributed by atoms with Gasteiger partial charge in [-0.25, -0.2) is 0 Å². The van der Waals surface area contributed by atoms with E-state index >= 15 is 0 Å². The Morgan fingerprint density at radius 3 is 2.30 bits per heavy atom. The van der Waals surface area contributed by atoms with Crippen molar-refractivity contribution >= 4 is 40.2 Å². The van der Waals surface area contributed by atoms with Crippen LogP contribution in [-0.4, -0.2) is 55.7 Å². The molecule has 0 aliphatic carbocycles. The van der Waals surface area contributed by atoms with Crippen LogP contribution >= 0.6 is 11.6 Å². The van der Waals surface area contributed by atoms with Gasteiger partial charge in [0.15, 0.2) is 0 Å². The molecule has 2 amide bonds. The smallest absolute Gasteiger partial charge is 0.262 e. The Morgan fingerprint density at radius 2 is 1.65 bits per heavy atom. The van der Waals surface area contributed by atoms with Gasteiger partial charge in [0.05, 0.1) is 25.7 Å². The summed E-state index contributed by atoms with van der Waals surface area (Å²) in [6.07, 6.45) is 1.97. The number of hydrogen-bond acceptors (Lipinski definition) is 5. The average Bonchev–Trinajstić information content (AvgIpc) is 3.16. The molecule has 0 saturated carbocycles. The number of methoxy groups -OCH3 is 1. The Bertz CT molecular complexity index is 1240. The molecule has 0 atom stereocenters. The number of aromatic nitrogens is 1. The highest BCUT2D eigenvalue weighted by molar-refractivity contribution is 6.30. The molecule has 37 heavy (non-hydrogen) atoms. The van der Waals surface area contributed by atoms with Gasteiger partial charge >= 0.3 is 0 Å². The number of amides is 2. The summed E-state index contributed by atoms with van der Waals surface area (Å²) in [5.41, 5.74) is 2.69. The molecule has 0 radical (unpaired) electrons. The van der Waals surface area contributed by atoms with E-state index in [1.165, 1.54) is 0 Å². The Kier molecular flexibility index (Phi) is 10.5. The third-order valence-electron chi connectivity index (χ3n) is 6.10. The van der Waals surface area contributed by atoms with Crippen molar-refractivity contribution in [2.75, 3.05) is 33.4 Å². The van der Waals surface area contributed by atoms with E-state index in [1.807, 2.05) is 26.0 Å². The van der Waals surface area contributed by atoms with Crippen LogP contribution in [0.2, 0.25) is 5.02 Å². The fourth-order valence-electron chi connectivity index (χ4n) is 4.12. The van der Waals surface area contributed by atoms with Crippen LogP contribution < -0.4 is 15.4 Å². The average molecular weight is 528 g/mol. The van der Waals surface area contributed by atoms with Crippen LogP contribution in [0, 0.1) is 6.92 Å². The first kappa shape index (κ1) is 28.2. The molecule has 0 saturated heterocycles. The Morgan fingerprint density at radius 1 is 0.973 bits per heavy atom. The van der Waals surface area contributed by atoms with Crippen LogP contribution in [0.1, 0.15) is 47.8 Å². The summed E-state index contributed by atoms with van der Waals surface area (Å²) >= 11 is 5.99. The van der Waals surface area contributed by atoms with Crippen molar-refractivity contribution in [2.24, 2.45) is 0 Å². The van der Waals surface area contributed by atoms with Gasteiger partial charge in [-0.1, -0.05) is 11.6 Å². The molecule has 9 heteroatoms. The van der Waals surface area contributed by atoms with Gasteiger partial charge < -0.3 is 20.1 Å². The highest BCUT2D eigenvalue weighted by Crippen LogP contribution is 2.30. The standard InChI is InChI=1S/C28H34ClN3O5/c1-4-37-16-13-26(33)30-14-5-6-15-31-27(34)18-23-19(2)32(25-12-11-22(36-3)17-24(23)25)28(35)20-7-9-21(29)10-8-20/h7-12,17H,4-6,13-16,18H2,1-3H3,(H,30,33)(H,31,34). The lowest BCUT2D eigenvalue weighted by atomic mass is 10.1. The fraction of sp³-hybridized carbons (Fsp3) is 0.393. The quantitative estimate of drug-likeness (QED) is 0.323. The Balaban J connectivity index is 1.64. The number of unbranched alkanes of at least 4 members (excludes halogenated alkanes) is 1. The maximum atomic E-state index is 13.4. The molecule has 8 nitrogen and oxygen atoms in total. The summed E-state index contributed by atoms with van der Waals surface area (Å²) in [5.74, 6) is 0.283. The third kappa shape index (κ3) is 7.57. The summed E-state index contributed by atoms with van der Waals surface area (Å²) in [6, 6.07) is 12.2. The minimum absolute atomic E-state index is 0.0343. The van der Waals surface area contributed by atoms with Crippen molar-refractivity contribution in [3.63, 3.8) is 0 Å². The summed E-state index contributed by atoms with van der Waals surface area (Å²) in [6.45, 7) is 5.81. The van der Waals surface area contributed by atoms with Gasteiger partial charge in [0.2, 0.25) is 11.8 Å². The number of nitrogens with one attached hydrogen (secondary N) is 2. The van der Waals surface area contributed by atoms with Gasteiger partial charge in [-0.3, -0.25) is 19.0 Å². The minimum Gasteiger partial charge on any atom is -0.497 e. The van der Waals surface area contributed by atoms with Gasteiger partial charge in [-0.05, 0) is 74.7 Å². The van der Waals surface area contributed by atoms with E-state index in [2.05, 4.69) is 10.6 Å². The van der Waals surface area contributed by atoms with Crippen molar-refractivity contribution in [3.05, 3.63) is 64.3 Å². The molecule has 3 rings (SSSR count). The normalized spacial score (nSPS) is 10.9. The van der Waals surface area contributed by atoms with Crippen LogP contribution in [0.15, 0.2) is 42.5 Å². The molecule has 0 spiro atoms. The number of fused-ring (bicyclic) bond motifs is 1. The molecule has 0 aliphatic rings. The van der Waals surface area contributed by atoms with Crippen LogP contribution in [0.4, 0.5) is 0 Å². The highest BCUT2D eigenvalue weighted by atomic mass is 35.5. The lowest BCUT2D eigenvalue weighted by Gasteiger charge is -2.09. The molecule has 2 N–H and O–H groups in total. The summed E-state index contributed by atoms with van der Waals surface area (Å²) in [4.78, 5) is 37.9. The first-order chi connectivity index (χ1) is 17.8. The number of hydrogen-bond donors (Lipinski definition) is 2. The van der Waals surface area contributed by atoms with Crippen LogP contribution in [-0.2, 0) is 20.7 Å². The topological polar surface area (TPSA) is 98.7 Å². The van der Waals surface area contributed by atoms with Crippen molar-refractivity contribution in [1.29, 1.82) is 0 Å². The second kappa shape index (κ2) is 13.8. The number of ether oxygens (including phenoxy) is 2. The van der Waals surface area contributed by atoms with Gasteiger partial charge in [-0.2, -0.15) is 0 Å². The second-order valence-corrected chi connectivity index (χ2v) is 9.06. The first-order valence-corrected chi connectivity index (χ1v) is 12.8. The van der Waals surface area contributed by atoms with E-state index in [-0.39, 0.29) is 24.1 Å². The zero-order valence-electron chi connectivity index (χ0n) is 21.6. The molecule has 1 heterocycles. The molecule has 2 aromatic carbocycles. The van der Waals surface area contributed by atoms with E-state index in [4.69, 9.17) is 21.1 Å². The van der Waals surface area contributed by atoms with Crippen LogP contribution in [0.3, 0.4) is 0 Å². The number of carbonyl (C=O) groups excluding carboxylic acids is 3. The lowest BCUT2D eigenvalue weighted by molar-refractivity contribution is -0.122. The maximum absolute atomic E-state index is 13.4. The lowest BCUT2D eigenvalue weighted by Crippen LogP contribution is -2.28. The molecule has 0 aliphatic heterocycles. The zero-order valence-corrected chi connectivity index (χ0v) is 22.3. The molecule has 1 aromatic heterocycles. The predicted octanol–water partition coefficient (Wildman–Crippen LogP) is 4.28. The molecular formula is C28H34ClN3O5. The SMILES string of the molecule is CCOCCC(=O)NCCCCNC(=O)Cc1c(C)n(C(=O)c2ccc(Cl)cc2)c2ccc(OC)cc12. The van der Waals surface area contributed by atoms with Crippen LogP contribution in [0.25, 0.3) is 10.9 Å². The highest BCUT2D eigenvalue weighted by Gasteiger charge is 2.22. The van der Waals surface area contributed by atoms with Gasteiger partial charge in [0, 0.05) is 47.8 Å². The first-order valence-electron chi connectivity index (χ1n) is 12.4. The summed E-state index contributed by atoms with van der Waals surface area (Å²) in [5, 5.41) is 7.15. The molecular weight excluding hydrogens is 494 g/mol. The molecule has 3 aromatic rings. The van der Waals surface area contributed by atoms with Crippen molar-refractivity contribution in [1.82, 2.24) is 15.2 Å². The van der Waals surface area contributed by atoms with E-state index in [9.17, 15) is 14.4 Å². The Labute approximate surface area is 222 Å². The van der Waals surface area contributed by atoms with E-state index in [0.29, 0.717) is 60.3 Å². The zero-order chi connectivity index (χ0) is 26.8. The van der Waals surface area contributed by atoms with Crippen LogP contribution in [0.5, 0.6) is 5.75 Å². The van der Waals surface area contributed by atoms with Crippen molar-refractivity contribution < 1.29 is 23.9 Å². The maximum Gasteiger partial charge on any atom is 0.262 e. The largest absolute Gasteiger partial charge is 0.497 e. The molecule has 0 bridgehead atoms. The van der Waals surface area contributed by atoms with E-state index < -0.39 is 0 Å². The van der Waals surface area contributed by atoms with Crippen molar-refractivity contribution in [2.45, 2.75) is 39.5 Å². The fourth-order valence-corrected chi connectivity index (χ4v) is 4.25. The monoisotopic (exact) mass is 527 g/mol. The summed E-state index contributed by atoms with van der Waals surface area (Å²) in [7, 11) is 1.58. The predicted molar refractivity (Wildman–Crippen MR) is 144 cm³/mol. The number of carbonyl (C=O) groups is 3. The number of rotatable bonds is 13. The Hall–Kier alpha value is -3.36. The number of nitrogens with zero attached hydrogens (tertiary/aromatic N) is 1. The molecule has 198 valence electrons. The van der Waals surface area contributed by atoms with Crippen molar-refractivity contribution in [3.8, 4) is 5.75 Å². The van der Waals surface area contributed by atoms with E-state index in [1.54, 1.807) is 42.0 Å². The molecule has 0 fully saturated rings. The third-order valence-corrected chi connectivity index (χ3v) is 6.35. The van der Waals surface area contributed by atoms with Gasteiger partial charge in [-0.15, -0.1) is 0 Å².